The van der Waals surface area contributed by atoms with E-state index in [4.69, 9.17) is 15.2 Å². The maximum atomic E-state index is 13.0. The van der Waals surface area contributed by atoms with Gasteiger partial charge in [-0.25, -0.2) is 9.50 Å². The van der Waals surface area contributed by atoms with E-state index in [1.807, 2.05) is 12.3 Å². The lowest BCUT2D eigenvalue weighted by atomic mass is 9.53. The Labute approximate surface area is 229 Å². The van der Waals surface area contributed by atoms with Crippen LogP contribution in [-0.2, 0) is 0 Å². The van der Waals surface area contributed by atoms with E-state index in [0.717, 1.165) is 41.5 Å². The molecule has 2 amide bonds. The van der Waals surface area contributed by atoms with Gasteiger partial charge >= 0.3 is 0 Å². The van der Waals surface area contributed by atoms with Gasteiger partial charge in [0.1, 0.15) is 24.0 Å². The van der Waals surface area contributed by atoms with Crippen molar-refractivity contribution < 1.29 is 24.2 Å². The standard InChI is InChI=1S/C28H31N5O5S/c1-15-13-39-22-6-19(24(29)34)26(32-23(15)22)38-18-9-28(10-18)7-16(8-28)31-25(35)20-11-30-33-12-17(4-5-21(20)33)37-14-27(2,3)36/h4-6,11-13,16,18,36H,7-10,14H2,1-3H3,(H2,29,34)(H,31,35). The number of nitrogens with one attached hydrogen (secondary N) is 1. The van der Waals surface area contributed by atoms with Gasteiger partial charge in [-0.05, 0) is 81.0 Å². The van der Waals surface area contributed by atoms with Gasteiger partial charge < -0.3 is 25.6 Å². The van der Waals surface area contributed by atoms with Crippen molar-refractivity contribution in [2.24, 2.45) is 11.1 Å². The van der Waals surface area contributed by atoms with E-state index in [1.54, 1.807) is 49.0 Å². The van der Waals surface area contributed by atoms with E-state index in [1.165, 1.54) is 11.3 Å². The monoisotopic (exact) mass is 549 g/mol. The molecule has 2 saturated carbocycles. The van der Waals surface area contributed by atoms with Gasteiger partial charge in [0, 0.05) is 6.04 Å². The molecule has 2 aliphatic carbocycles. The number of hydrogen-bond donors (Lipinski definition) is 3. The number of carbonyl (C=O) groups excluding carboxylic acids is 2. The van der Waals surface area contributed by atoms with Gasteiger partial charge in [-0.3, -0.25) is 9.59 Å². The summed E-state index contributed by atoms with van der Waals surface area (Å²) in [6, 6.07) is 5.42. The maximum absolute atomic E-state index is 13.0. The second-order valence-electron chi connectivity index (χ2n) is 11.6. The number of rotatable bonds is 8. The molecule has 1 spiro atoms. The zero-order valence-corrected chi connectivity index (χ0v) is 22.9. The Balaban J connectivity index is 1.04. The van der Waals surface area contributed by atoms with Crippen LogP contribution in [-0.4, -0.2) is 55.9 Å². The van der Waals surface area contributed by atoms with Gasteiger partial charge in [0.2, 0.25) is 5.88 Å². The van der Waals surface area contributed by atoms with Gasteiger partial charge in [-0.15, -0.1) is 11.3 Å². The average Bonchev–Trinajstić information content (AvgIpc) is 3.42. The van der Waals surface area contributed by atoms with Crippen LogP contribution in [0.3, 0.4) is 0 Å². The first-order chi connectivity index (χ1) is 18.5. The molecule has 11 heteroatoms. The van der Waals surface area contributed by atoms with Crippen LogP contribution in [0.4, 0.5) is 0 Å². The van der Waals surface area contributed by atoms with Gasteiger partial charge in [0.05, 0.1) is 39.3 Å². The lowest BCUT2D eigenvalue weighted by Crippen LogP contribution is -2.58. The lowest BCUT2D eigenvalue weighted by Gasteiger charge is -2.57. The third-order valence-electron chi connectivity index (χ3n) is 7.57. The van der Waals surface area contributed by atoms with E-state index >= 15 is 0 Å². The van der Waals surface area contributed by atoms with Crippen molar-refractivity contribution in [1.29, 1.82) is 0 Å². The molecule has 0 bridgehead atoms. The Bertz CT molecular complexity index is 1590. The lowest BCUT2D eigenvalue weighted by molar-refractivity contribution is -0.0847. The number of primary amides is 1. The van der Waals surface area contributed by atoms with Crippen LogP contribution in [0, 0.1) is 12.3 Å². The summed E-state index contributed by atoms with van der Waals surface area (Å²) in [5.41, 5.74) is 8.18. The molecule has 4 aromatic heterocycles. The molecule has 0 aliphatic heterocycles. The summed E-state index contributed by atoms with van der Waals surface area (Å²) in [6.07, 6.45) is 6.68. The van der Waals surface area contributed by atoms with Crippen molar-refractivity contribution in [2.45, 2.75) is 64.2 Å². The fourth-order valence-electron chi connectivity index (χ4n) is 5.64. The van der Waals surface area contributed by atoms with E-state index in [0.29, 0.717) is 28.3 Å². The topological polar surface area (TPSA) is 141 Å². The molecule has 6 rings (SSSR count). The van der Waals surface area contributed by atoms with Crippen LogP contribution in [0.5, 0.6) is 11.6 Å². The minimum atomic E-state index is -0.947. The van der Waals surface area contributed by atoms with Gasteiger partial charge in [0.25, 0.3) is 11.8 Å². The Kier molecular flexibility index (Phi) is 6.03. The number of fused-ring (bicyclic) bond motifs is 2. The summed E-state index contributed by atoms with van der Waals surface area (Å²) in [7, 11) is 0. The van der Waals surface area contributed by atoms with Crippen molar-refractivity contribution in [2.75, 3.05) is 6.61 Å². The van der Waals surface area contributed by atoms with E-state index < -0.39 is 11.5 Å². The summed E-state index contributed by atoms with van der Waals surface area (Å²) in [5.74, 6) is 0.168. The SMILES string of the molecule is Cc1csc2cc(C(N)=O)c(OC3CC4(CC(NC(=O)c5cnn6cc(OCC(C)(C)O)ccc56)C4)C3)nc12. The number of nitrogens with zero attached hydrogens (tertiary/aromatic N) is 3. The first-order valence-electron chi connectivity index (χ1n) is 13.0. The summed E-state index contributed by atoms with van der Waals surface area (Å²) >= 11 is 1.53. The number of hydrogen-bond acceptors (Lipinski definition) is 8. The average molecular weight is 550 g/mol. The van der Waals surface area contributed by atoms with Crippen LogP contribution < -0.4 is 20.5 Å². The summed E-state index contributed by atoms with van der Waals surface area (Å²) in [5, 5.41) is 19.3. The molecule has 0 aromatic carbocycles. The highest BCUT2D eigenvalue weighted by molar-refractivity contribution is 7.17. The fraction of sp³-hybridized carbons (Fsp3) is 0.429. The molecule has 204 valence electrons. The van der Waals surface area contributed by atoms with E-state index in [2.05, 4.69) is 15.4 Å². The fourth-order valence-corrected chi connectivity index (χ4v) is 6.56. The van der Waals surface area contributed by atoms with Crippen LogP contribution in [0.25, 0.3) is 15.7 Å². The number of carbonyl (C=O) groups is 2. The van der Waals surface area contributed by atoms with Crippen LogP contribution in [0.15, 0.2) is 36.0 Å². The molecule has 10 nitrogen and oxygen atoms in total. The summed E-state index contributed by atoms with van der Waals surface area (Å²) in [6.45, 7) is 5.48. The van der Waals surface area contributed by atoms with Gasteiger partial charge in [-0.1, -0.05) is 0 Å². The van der Waals surface area contributed by atoms with E-state index in [-0.39, 0.29) is 30.1 Å². The zero-order chi connectivity index (χ0) is 27.5. The number of ether oxygens (including phenoxy) is 2. The van der Waals surface area contributed by atoms with Crippen LogP contribution in [0.2, 0.25) is 0 Å². The summed E-state index contributed by atoms with van der Waals surface area (Å²) < 4.78 is 14.3. The molecule has 0 saturated heterocycles. The highest BCUT2D eigenvalue weighted by Crippen LogP contribution is 2.57. The smallest absolute Gasteiger partial charge is 0.255 e. The third-order valence-corrected chi connectivity index (χ3v) is 8.61. The molecule has 2 fully saturated rings. The highest BCUT2D eigenvalue weighted by Gasteiger charge is 2.54. The number of thiophene rings is 1. The van der Waals surface area contributed by atoms with Crippen LogP contribution in [0.1, 0.15) is 65.8 Å². The Morgan fingerprint density at radius 3 is 2.74 bits per heavy atom. The van der Waals surface area contributed by atoms with Crippen molar-refractivity contribution in [3.63, 3.8) is 0 Å². The molecular weight excluding hydrogens is 518 g/mol. The maximum Gasteiger partial charge on any atom is 0.255 e. The van der Waals surface area contributed by atoms with Crippen molar-refractivity contribution >= 4 is 38.9 Å². The minimum Gasteiger partial charge on any atom is -0.489 e. The van der Waals surface area contributed by atoms with Gasteiger partial charge in [0.15, 0.2) is 0 Å². The molecule has 4 aromatic rings. The second kappa shape index (κ2) is 9.20. The van der Waals surface area contributed by atoms with Crippen molar-refractivity contribution in [1.82, 2.24) is 19.9 Å². The molecular formula is C28H31N5O5S. The number of aromatic nitrogens is 3. The number of aliphatic hydroxyl groups is 1. The molecule has 0 radical (unpaired) electrons. The minimum absolute atomic E-state index is 0.0314. The molecule has 4 N–H and O–H groups in total. The zero-order valence-electron chi connectivity index (χ0n) is 22.1. The number of pyridine rings is 2. The van der Waals surface area contributed by atoms with Crippen molar-refractivity contribution in [3.05, 3.63) is 52.7 Å². The highest BCUT2D eigenvalue weighted by atomic mass is 32.1. The summed E-state index contributed by atoms with van der Waals surface area (Å²) in [4.78, 5) is 29.6. The third kappa shape index (κ3) is 4.92. The number of nitrogens with two attached hydrogens (primary N) is 1. The normalized spacial score (nSPS) is 22.5. The molecule has 2 aliphatic rings. The predicted molar refractivity (Wildman–Crippen MR) is 146 cm³/mol. The largest absolute Gasteiger partial charge is 0.489 e. The first kappa shape index (κ1) is 25.6. The Morgan fingerprint density at radius 1 is 1.26 bits per heavy atom. The first-order valence-corrected chi connectivity index (χ1v) is 13.9. The predicted octanol–water partition coefficient (Wildman–Crippen LogP) is 3.62. The number of aryl methyl sites for hydroxylation is 1. The molecule has 4 heterocycles. The molecule has 0 unspecified atom stereocenters. The van der Waals surface area contributed by atoms with E-state index in [9.17, 15) is 14.7 Å². The quantitative estimate of drug-likeness (QED) is 0.305. The Hall–Kier alpha value is -3.70. The van der Waals surface area contributed by atoms with Crippen molar-refractivity contribution in [3.8, 4) is 11.6 Å². The molecule has 0 atom stereocenters. The molecule has 39 heavy (non-hydrogen) atoms. The van der Waals surface area contributed by atoms with Crippen LogP contribution >= 0.6 is 11.3 Å². The van der Waals surface area contributed by atoms with Gasteiger partial charge in [-0.2, -0.15) is 5.10 Å². The Morgan fingerprint density at radius 2 is 2.03 bits per heavy atom. The number of amides is 2. The second-order valence-corrected chi connectivity index (χ2v) is 12.5.